The maximum atomic E-state index is 3.70. The largest absolute Gasteiger partial charge is 0.377 e. The summed E-state index contributed by atoms with van der Waals surface area (Å²) in [5.41, 5.74) is 3.97. The van der Waals surface area contributed by atoms with Crippen LogP contribution >= 0.6 is 11.8 Å². The van der Waals surface area contributed by atoms with E-state index in [2.05, 4.69) is 67.7 Å². The van der Waals surface area contributed by atoms with E-state index >= 15 is 0 Å². The molecule has 1 heterocycles. The van der Waals surface area contributed by atoms with Crippen molar-refractivity contribution in [1.82, 2.24) is 0 Å². The van der Waals surface area contributed by atoms with Gasteiger partial charge in [0.05, 0.1) is 6.04 Å². The van der Waals surface area contributed by atoms with Gasteiger partial charge in [0.1, 0.15) is 0 Å². The Labute approximate surface area is 119 Å². The van der Waals surface area contributed by atoms with Crippen molar-refractivity contribution >= 4 is 17.4 Å². The van der Waals surface area contributed by atoms with Crippen LogP contribution in [0.3, 0.4) is 0 Å². The number of rotatable bonds is 1. The molecule has 1 nitrogen and oxygen atoms in total. The summed E-state index contributed by atoms with van der Waals surface area (Å²) in [5, 5.41) is 4.33. The van der Waals surface area contributed by atoms with Crippen molar-refractivity contribution in [3.8, 4) is 0 Å². The van der Waals surface area contributed by atoms with E-state index < -0.39 is 0 Å². The monoisotopic (exact) mass is 269 g/mol. The average molecular weight is 269 g/mol. The third-order valence-corrected chi connectivity index (χ3v) is 4.80. The molecule has 19 heavy (non-hydrogen) atoms. The van der Waals surface area contributed by atoms with Crippen LogP contribution in [0.25, 0.3) is 0 Å². The molecular weight excluding hydrogens is 250 g/mol. The predicted octanol–water partition coefficient (Wildman–Crippen LogP) is 5.03. The molecule has 1 aliphatic heterocycles. The lowest BCUT2D eigenvalue weighted by atomic mass is 10.0. The van der Waals surface area contributed by atoms with Gasteiger partial charge in [0, 0.05) is 15.8 Å². The van der Waals surface area contributed by atoms with Gasteiger partial charge in [-0.05, 0) is 31.0 Å². The number of hydrogen-bond donors (Lipinski definition) is 1. The van der Waals surface area contributed by atoms with Gasteiger partial charge in [-0.3, -0.25) is 0 Å². The number of para-hydroxylation sites is 1. The summed E-state index contributed by atoms with van der Waals surface area (Å²) in [6, 6.07) is 17.9. The Morgan fingerprint density at radius 1 is 1.05 bits per heavy atom. The Bertz CT molecular complexity index is 562. The molecule has 3 rings (SSSR count). The lowest BCUT2D eigenvalue weighted by Gasteiger charge is -2.19. The van der Waals surface area contributed by atoms with Gasteiger partial charge in [-0.15, -0.1) is 11.8 Å². The fourth-order valence-corrected chi connectivity index (χ4v) is 3.68. The highest BCUT2D eigenvalue weighted by molar-refractivity contribution is 8.00. The van der Waals surface area contributed by atoms with Gasteiger partial charge in [0.25, 0.3) is 0 Å². The van der Waals surface area contributed by atoms with Gasteiger partial charge in [-0.2, -0.15) is 0 Å². The summed E-state index contributed by atoms with van der Waals surface area (Å²) < 4.78 is 0. The van der Waals surface area contributed by atoms with Gasteiger partial charge in [0.2, 0.25) is 0 Å². The summed E-state index contributed by atoms with van der Waals surface area (Å²) in [4.78, 5) is 1.37. The first-order chi connectivity index (χ1) is 9.22. The molecule has 0 aromatic heterocycles. The minimum Gasteiger partial charge on any atom is -0.377 e. The Morgan fingerprint density at radius 3 is 2.58 bits per heavy atom. The van der Waals surface area contributed by atoms with Gasteiger partial charge in [0.15, 0.2) is 0 Å². The lowest BCUT2D eigenvalue weighted by molar-refractivity contribution is 0.694. The molecule has 0 saturated carbocycles. The summed E-state index contributed by atoms with van der Waals surface area (Å²) >= 11 is 1.97. The average Bonchev–Trinajstić information content (AvgIpc) is 2.57. The van der Waals surface area contributed by atoms with Crippen LogP contribution in [0.1, 0.15) is 30.5 Å². The first kappa shape index (κ1) is 12.6. The zero-order valence-corrected chi connectivity index (χ0v) is 12.2. The Balaban J connectivity index is 1.93. The topological polar surface area (TPSA) is 12.0 Å². The first-order valence-electron chi connectivity index (χ1n) is 6.81. The molecule has 0 aliphatic carbocycles. The molecular formula is C17H19NS. The van der Waals surface area contributed by atoms with Crippen LogP contribution in [0.2, 0.25) is 0 Å². The predicted molar refractivity (Wildman–Crippen MR) is 83.9 cm³/mol. The summed E-state index contributed by atoms with van der Waals surface area (Å²) in [6.07, 6.45) is 1.16. The van der Waals surface area contributed by atoms with Crippen LogP contribution in [0.5, 0.6) is 0 Å². The van der Waals surface area contributed by atoms with Crippen LogP contribution < -0.4 is 5.32 Å². The second-order valence-corrected chi connectivity index (χ2v) is 6.75. The highest BCUT2D eigenvalue weighted by Gasteiger charge is 2.21. The Hall–Kier alpha value is -1.41. The molecule has 1 N–H and O–H groups in total. The number of anilines is 1. The molecule has 0 amide bonds. The standard InChI is InChI=1S/C17H19NS/c1-12-7-9-14(10-8-12)16-11-13(2)19-17-6-4-3-5-15(17)18-16/h3-10,13,16,18H,11H2,1-2H3/t13-,16-/m0/s1. The van der Waals surface area contributed by atoms with E-state index in [9.17, 15) is 0 Å². The molecule has 0 unspecified atom stereocenters. The zero-order chi connectivity index (χ0) is 13.2. The highest BCUT2D eigenvalue weighted by atomic mass is 32.2. The van der Waals surface area contributed by atoms with Crippen molar-refractivity contribution in [3.05, 3.63) is 59.7 Å². The number of thioether (sulfide) groups is 1. The second kappa shape index (κ2) is 5.30. The van der Waals surface area contributed by atoms with E-state index in [1.54, 1.807) is 0 Å². The van der Waals surface area contributed by atoms with Crippen LogP contribution in [-0.4, -0.2) is 5.25 Å². The summed E-state index contributed by atoms with van der Waals surface area (Å²) in [6.45, 7) is 4.45. The fourth-order valence-electron chi connectivity index (χ4n) is 2.55. The van der Waals surface area contributed by atoms with Crippen LogP contribution in [0.15, 0.2) is 53.4 Å². The second-order valence-electron chi connectivity index (χ2n) is 5.27. The lowest BCUT2D eigenvalue weighted by Crippen LogP contribution is -2.12. The van der Waals surface area contributed by atoms with E-state index in [0.29, 0.717) is 11.3 Å². The molecule has 2 aromatic carbocycles. The minimum atomic E-state index is 0.409. The number of hydrogen-bond acceptors (Lipinski definition) is 2. The zero-order valence-electron chi connectivity index (χ0n) is 11.4. The van der Waals surface area contributed by atoms with Crippen LogP contribution in [-0.2, 0) is 0 Å². The van der Waals surface area contributed by atoms with Crippen LogP contribution in [0, 0.1) is 6.92 Å². The van der Waals surface area contributed by atoms with Gasteiger partial charge < -0.3 is 5.32 Å². The van der Waals surface area contributed by atoms with Crippen molar-refractivity contribution < 1.29 is 0 Å². The van der Waals surface area contributed by atoms with E-state index in [4.69, 9.17) is 0 Å². The summed E-state index contributed by atoms with van der Waals surface area (Å²) in [7, 11) is 0. The molecule has 2 aromatic rings. The SMILES string of the molecule is Cc1ccc([C@@H]2C[C@H](C)Sc3ccccc3N2)cc1. The molecule has 2 atom stereocenters. The van der Waals surface area contributed by atoms with Crippen molar-refractivity contribution in [3.63, 3.8) is 0 Å². The third kappa shape index (κ3) is 2.79. The molecule has 0 fully saturated rings. The molecule has 0 bridgehead atoms. The molecule has 98 valence electrons. The number of benzene rings is 2. The fraction of sp³-hybridized carbons (Fsp3) is 0.294. The maximum Gasteiger partial charge on any atom is 0.0524 e. The molecule has 1 aliphatic rings. The number of fused-ring (bicyclic) bond motifs is 1. The number of aryl methyl sites for hydroxylation is 1. The van der Waals surface area contributed by atoms with E-state index in [-0.39, 0.29) is 0 Å². The van der Waals surface area contributed by atoms with Gasteiger partial charge >= 0.3 is 0 Å². The Kier molecular flexibility index (Phi) is 3.52. The smallest absolute Gasteiger partial charge is 0.0524 e. The third-order valence-electron chi connectivity index (χ3n) is 3.59. The van der Waals surface area contributed by atoms with E-state index in [1.807, 2.05) is 11.8 Å². The van der Waals surface area contributed by atoms with Crippen LogP contribution in [0.4, 0.5) is 5.69 Å². The molecule has 0 radical (unpaired) electrons. The van der Waals surface area contributed by atoms with Gasteiger partial charge in [-0.25, -0.2) is 0 Å². The van der Waals surface area contributed by atoms with E-state index in [0.717, 1.165) is 6.42 Å². The molecule has 0 spiro atoms. The number of nitrogens with one attached hydrogen (secondary N) is 1. The van der Waals surface area contributed by atoms with Crippen molar-refractivity contribution in [2.24, 2.45) is 0 Å². The van der Waals surface area contributed by atoms with Crippen molar-refractivity contribution in [2.45, 2.75) is 36.5 Å². The van der Waals surface area contributed by atoms with E-state index in [1.165, 1.54) is 21.7 Å². The maximum absolute atomic E-state index is 3.70. The molecule has 2 heteroatoms. The normalized spacial score (nSPS) is 22.2. The van der Waals surface area contributed by atoms with Gasteiger partial charge in [-0.1, -0.05) is 48.9 Å². The van der Waals surface area contributed by atoms with Crippen molar-refractivity contribution in [2.75, 3.05) is 5.32 Å². The Morgan fingerprint density at radius 2 is 1.79 bits per heavy atom. The molecule has 0 saturated heterocycles. The quantitative estimate of drug-likeness (QED) is 0.779. The minimum absolute atomic E-state index is 0.409. The summed E-state index contributed by atoms with van der Waals surface area (Å²) in [5.74, 6) is 0. The van der Waals surface area contributed by atoms with Crippen molar-refractivity contribution in [1.29, 1.82) is 0 Å². The first-order valence-corrected chi connectivity index (χ1v) is 7.69. The highest BCUT2D eigenvalue weighted by Crippen LogP contribution is 2.40.